The molecular formula is C13H24ClN3O2. The van der Waals surface area contributed by atoms with Crippen molar-refractivity contribution in [3.63, 3.8) is 0 Å². The van der Waals surface area contributed by atoms with E-state index >= 15 is 0 Å². The molecule has 0 spiro atoms. The lowest BCUT2D eigenvalue weighted by atomic mass is 10.1. The number of aryl methyl sites for hydroxylation is 2. The summed E-state index contributed by atoms with van der Waals surface area (Å²) >= 11 is 0. The van der Waals surface area contributed by atoms with Crippen molar-refractivity contribution >= 4 is 24.0 Å². The van der Waals surface area contributed by atoms with Gasteiger partial charge in [-0.05, 0) is 32.7 Å². The third kappa shape index (κ3) is 6.07. The number of hydrogen-bond acceptors (Lipinski definition) is 4. The predicted octanol–water partition coefficient (Wildman–Crippen LogP) is 2.81. The van der Waals surface area contributed by atoms with E-state index in [1.165, 1.54) is 0 Å². The zero-order valence-corrected chi connectivity index (χ0v) is 12.5. The van der Waals surface area contributed by atoms with Gasteiger partial charge in [-0.2, -0.15) is 0 Å². The highest BCUT2D eigenvalue weighted by Gasteiger charge is 2.13. The van der Waals surface area contributed by atoms with Crippen LogP contribution in [0.4, 0.5) is 5.69 Å². The Balaban J connectivity index is 0.00000324. The Hall–Kier alpha value is -1.07. The first-order chi connectivity index (χ1) is 8.69. The molecular weight excluding hydrogens is 266 g/mol. The second-order valence-corrected chi connectivity index (χ2v) is 4.42. The van der Waals surface area contributed by atoms with Gasteiger partial charge in [0.25, 0.3) is 0 Å². The van der Waals surface area contributed by atoms with Gasteiger partial charge in [-0.15, -0.1) is 12.4 Å². The minimum atomic E-state index is 0. The number of nitrogens with two attached hydrogens (primary N) is 1. The molecule has 0 aliphatic heterocycles. The third-order valence-corrected chi connectivity index (χ3v) is 2.89. The van der Waals surface area contributed by atoms with Crippen LogP contribution in [0.3, 0.4) is 0 Å². The summed E-state index contributed by atoms with van der Waals surface area (Å²) in [6.45, 7) is 4.52. The van der Waals surface area contributed by atoms with E-state index < -0.39 is 0 Å². The van der Waals surface area contributed by atoms with Crippen LogP contribution < -0.4 is 11.1 Å². The highest BCUT2D eigenvalue weighted by atomic mass is 35.5. The van der Waals surface area contributed by atoms with E-state index in [-0.39, 0.29) is 18.3 Å². The Morgan fingerprint density at radius 1 is 1.32 bits per heavy atom. The summed E-state index contributed by atoms with van der Waals surface area (Å²) in [5.41, 5.74) is 6.96. The highest BCUT2D eigenvalue weighted by Crippen LogP contribution is 2.20. The summed E-state index contributed by atoms with van der Waals surface area (Å²) < 4.78 is 5.07. The molecule has 1 amide bonds. The van der Waals surface area contributed by atoms with Gasteiger partial charge in [0, 0.05) is 6.42 Å². The summed E-state index contributed by atoms with van der Waals surface area (Å²) in [4.78, 5) is 11.8. The average Bonchev–Trinajstić information content (AvgIpc) is 2.70. The van der Waals surface area contributed by atoms with Crippen molar-refractivity contribution in [2.45, 2.75) is 52.4 Å². The van der Waals surface area contributed by atoms with Crippen LogP contribution in [0.25, 0.3) is 0 Å². The molecule has 110 valence electrons. The molecule has 1 heterocycles. The minimum Gasteiger partial charge on any atom is -0.359 e. The first-order valence-electron chi connectivity index (χ1n) is 6.64. The maximum atomic E-state index is 11.8. The molecule has 5 nitrogen and oxygen atoms in total. The number of rotatable bonds is 8. The lowest BCUT2D eigenvalue weighted by Crippen LogP contribution is -2.12. The number of anilines is 1. The smallest absolute Gasteiger partial charge is 0.224 e. The average molecular weight is 290 g/mol. The first kappa shape index (κ1) is 17.9. The Morgan fingerprint density at radius 2 is 2.00 bits per heavy atom. The minimum absolute atomic E-state index is 0. The number of carbonyl (C=O) groups excluding carboxylic acids is 1. The molecule has 0 unspecified atom stereocenters. The van der Waals surface area contributed by atoms with Gasteiger partial charge in [0.2, 0.25) is 5.91 Å². The van der Waals surface area contributed by atoms with Crippen LogP contribution in [0.2, 0.25) is 0 Å². The van der Waals surface area contributed by atoms with E-state index in [9.17, 15) is 4.79 Å². The molecule has 0 fully saturated rings. The van der Waals surface area contributed by atoms with Crippen molar-refractivity contribution in [1.82, 2.24) is 5.16 Å². The van der Waals surface area contributed by atoms with Crippen LogP contribution in [-0.2, 0) is 11.2 Å². The molecule has 6 heteroatoms. The first-order valence-corrected chi connectivity index (χ1v) is 6.64. The van der Waals surface area contributed by atoms with Crippen molar-refractivity contribution in [3.05, 3.63) is 11.5 Å². The molecule has 1 rings (SSSR count). The number of amides is 1. The summed E-state index contributed by atoms with van der Waals surface area (Å²) in [6.07, 6.45) is 5.37. The van der Waals surface area contributed by atoms with E-state index in [0.29, 0.717) is 12.2 Å². The second-order valence-electron chi connectivity index (χ2n) is 4.42. The van der Waals surface area contributed by atoms with Gasteiger partial charge in [-0.1, -0.05) is 24.9 Å². The van der Waals surface area contributed by atoms with Crippen molar-refractivity contribution < 1.29 is 9.32 Å². The lowest BCUT2D eigenvalue weighted by molar-refractivity contribution is -0.116. The lowest BCUT2D eigenvalue weighted by Gasteiger charge is -2.04. The molecule has 0 aromatic carbocycles. The maximum absolute atomic E-state index is 11.8. The fourth-order valence-corrected chi connectivity index (χ4v) is 1.80. The number of unbranched alkanes of at least 4 members (excludes halogenated alkanes) is 3. The van der Waals surface area contributed by atoms with Gasteiger partial charge >= 0.3 is 0 Å². The van der Waals surface area contributed by atoms with Crippen LogP contribution in [0.5, 0.6) is 0 Å². The molecule has 0 saturated carbocycles. The molecule has 0 atom stereocenters. The van der Waals surface area contributed by atoms with E-state index in [1.54, 1.807) is 0 Å². The summed E-state index contributed by atoms with van der Waals surface area (Å²) in [5.74, 6) is 0.701. The van der Waals surface area contributed by atoms with Crippen molar-refractivity contribution in [1.29, 1.82) is 0 Å². The highest BCUT2D eigenvalue weighted by molar-refractivity contribution is 5.91. The van der Waals surface area contributed by atoms with Gasteiger partial charge in [-0.25, -0.2) is 0 Å². The quantitative estimate of drug-likeness (QED) is 0.721. The van der Waals surface area contributed by atoms with Gasteiger partial charge in [0.15, 0.2) is 5.76 Å². The number of nitrogens with zero attached hydrogens (tertiary/aromatic N) is 1. The normalized spacial score (nSPS) is 10.1. The van der Waals surface area contributed by atoms with E-state index in [0.717, 1.165) is 50.0 Å². The monoisotopic (exact) mass is 289 g/mol. The number of halogens is 1. The predicted molar refractivity (Wildman–Crippen MR) is 78.6 cm³/mol. The van der Waals surface area contributed by atoms with Crippen LogP contribution in [0, 0.1) is 6.92 Å². The fraction of sp³-hybridized carbons (Fsp3) is 0.692. The maximum Gasteiger partial charge on any atom is 0.224 e. The van der Waals surface area contributed by atoms with Crippen LogP contribution in [0.15, 0.2) is 4.52 Å². The number of aromatic nitrogens is 1. The molecule has 1 aromatic rings. The number of hydrogen-bond donors (Lipinski definition) is 2. The fourth-order valence-electron chi connectivity index (χ4n) is 1.80. The molecule has 0 aliphatic rings. The molecule has 0 radical (unpaired) electrons. The van der Waals surface area contributed by atoms with Gasteiger partial charge < -0.3 is 15.6 Å². The largest absolute Gasteiger partial charge is 0.359 e. The molecule has 0 saturated heterocycles. The second kappa shape index (κ2) is 9.81. The van der Waals surface area contributed by atoms with Crippen LogP contribution in [-0.4, -0.2) is 17.6 Å². The summed E-state index contributed by atoms with van der Waals surface area (Å²) in [5, 5.41) is 6.79. The van der Waals surface area contributed by atoms with Gasteiger partial charge in [0.05, 0.1) is 0 Å². The Kier molecular flexibility index (Phi) is 9.26. The Bertz CT molecular complexity index is 380. The van der Waals surface area contributed by atoms with Crippen molar-refractivity contribution in [3.8, 4) is 0 Å². The number of carbonyl (C=O) groups is 1. The molecule has 0 bridgehead atoms. The van der Waals surface area contributed by atoms with Crippen LogP contribution >= 0.6 is 12.4 Å². The SMILES string of the molecule is CCc1noc(C)c1NC(=O)CCCCCCN.Cl. The van der Waals surface area contributed by atoms with E-state index in [4.69, 9.17) is 10.3 Å². The van der Waals surface area contributed by atoms with Gasteiger partial charge in [0.1, 0.15) is 11.4 Å². The van der Waals surface area contributed by atoms with Gasteiger partial charge in [-0.3, -0.25) is 4.79 Å². The zero-order chi connectivity index (χ0) is 13.4. The molecule has 19 heavy (non-hydrogen) atoms. The summed E-state index contributed by atoms with van der Waals surface area (Å²) in [7, 11) is 0. The van der Waals surface area contributed by atoms with E-state index in [1.807, 2.05) is 13.8 Å². The standard InChI is InChI=1S/C13H23N3O2.ClH/c1-3-11-13(10(2)18-16-11)15-12(17)8-6-4-5-7-9-14;/h3-9,14H2,1-2H3,(H,15,17);1H. The Morgan fingerprint density at radius 3 is 2.63 bits per heavy atom. The molecule has 0 aliphatic carbocycles. The van der Waals surface area contributed by atoms with Crippen LogP contribution in [0.1, 0.15) is 50.5 Å². The molecule has 3 N–H and O–H groups in total. The summed E-state index contributed by atoms with van der Waals surface area (Å²) in [6, 6.07) is 0. The van der Waals surface area contributed by atoms with Crippen molar-refractivity contribution in [2.75, 3.05) is 11.9 Å². The third-order valence-electron chi connectivity index (χ3n) is 2.89. The van der Waals surface area contributed by atoms with Crippen molar-refractivity contribution in [2.24, 2.45) is 5.73 Å². The Labute approximate surface area is 120 Å². The number of nitrogens with one attached hydrogen (secondary N) is 1. The topological polar surface area (TPSA) is 81.2 Å². The van der Waals surface area contributed by atoms with E-state index in [2.05, 4.69) is 10.5 Å². The molecule has 1 aromatic heterocycles. The zero-order valence-electron chi connectivity index (χ0n) is 11.7.